The first kappa shape index (κ1) is 20.0. The summed E-state index contributed by atoms with van der Waals surface area (Å²) in [5.74, 6) is 2.24. The normalized spacial score (nSPS) is 21.4. The Morgan fingerprint density at radius 3 is 2.44 bits per heavy atom. The molecular weight excluding hydrogens is 381 g/mol. The largest absolute Gasteiger partial charge is 0.338 e. The van der Waals surface area contributed by atoms with Crippen LogP contribution in [0.4, 0.5) is 0 Å². The number of carbonyl (C=O) groups excluding carboxylic acids is 1. The Bertz CT molecular complexity index is 670. The van der Waals surface area contributed by atoms with E-state index in [1.165, 1.54) is 11.9 Å². The molecule has 0 aliphatic carbocycles. The van der Waals surface area contributed by atoms with Crippen LogP contribution >= 0.6 is 36.6 Å². The molecule has 25 heavy (non-hydrogen) atoms. The fourth-order valence-corrected chi connectivity index (χ4v) is 4.10. The number of thioether (sulfide) groups is 1. The highest BCUT2D eigenvalue weighted by Gasteiger charge is 2.38. The fraction of sp³-hybridized carbons (Fsp3) is 0.438. The molecule has 0 bridgehead atoms. The highest BCUT2D eigenvalue weighted by Crippen LogP contribution is 2.27. The molecule has 1 aromatic carbocycles. The van der Waals surface area contributed by atoms with Gasteiger partial charge in [0.15, 0.2) is 5.16 Å². The van der Waals surface area contributed by atoms with Crippen LogP contribution in [0.15, 0.2) is 35.7 Å². The number of likely N-dealkylation sites (tertiary alicyclic amines) is 1. The summed E-state index contributed by atoms with van der Waals surface area (Å²) in [4.78, 5) is 18.7. The first-order valence-corrected chi connectivity index (χ1v) is 8.85. The fourth-order valence-electron chi connectivity index (χ4n) is 3.36. The van der Waals surface area contributed by atoms with Gasteiger partial charge in [-0.2, -0.15) is 5.10 Å². The molecule has 2 aliphatic heterocycles. The van der Waals surface area contributed by atoms with E-state index in [2.05, 4.69) is 20.5 Å². The zero-order valence-corrected chi connectivity index (χ0v) is 16.0. The van der Waals surface area contributed by atoms with Crippen molar-refractivity contribution in [2.75, 3.05) is 26.2 Å². The van der Waals surface area contributed by atoms with E-state index in [-0.39, 0.29) is 30.7 Å². The van der Waals surface area contributed by atoms with Gasteiger partial charge in [-0.1, -0.05) is 23.9 Å². The summed E-state index contributed by atoms with van der Waals surface area (Å²) >= 11 is 1.60. The van der Waals surface area contributed by atoms with Crippen molar-refractivity contribution in [3.63, 3.8) is 0 Å². The third kappa shape index (κ3) is 4.47. The highest BCUT2D eigenvalue weighted by molar-refractivity contribution is 7.98. The Balaban J connectivity index is 0.00000113. The van der Waals surface area contributed by atoms with Crippen molar-refractivity contribution in [3.05, 3.63) is 41.7 Å². The lowest BCUT2D eigenvalue weighted by Gasteiger charge is -2.17. The number of aromatic nitrogens is 3. The van der Waals surface area contributed by atoms with Crippen molar-refractivity contribution < 1.29 is 4.79 Å². The maximum atomic E-state index is 12.6. The average molecular weight is 402 g/mol. The molecular formula is C16H21Cl2N5OS. The van der Waals surface area contributed by atoms with E-state index >= 15 is 0 Å². The van der Waals surface area contributed by atoms with Gasteiger partial charge in [0.05, 0.1) is 0 Å². The van der Waals surface area contributed by atoms with Crippen LogP contribution in [0, 0.1) is 11.8 Å². The van der Waals surface area contributed by atoms with Crippen LogP contribution < -0.4 is 5.32 Å². The van der Waals surface area contributed by atoms with Crippen LogP contribution in [-0.2, 0) is 5.75 Å². The van der Waals surface area contributed by atoms with Crippen molar-refractivity contribution in [2.45, 2.75) is 10.9 Å². The Morgan fingerprint density at radius 2 is 1.84 bits per heavy atom. The summed E-state index contributed by atoms with van der Waals surface area (Å²) < 4.78 is 0. The Hall–Kier alpha value is -1.28. The molecule has 0 spiro atoms. The van der Waals surface area contributed by atoms with Crippen molar-refractivity contribution >= 4 is 42.5 Å². The van der Waals surface area contributed by atoms with Crippen molar-refractivity contribution in [3.8, 4) is 0 Å². The SMILES string of the molecule is Cl.Cl.O=C(c1ccc(CSc2ncn[nH]2)cc1)N1C[C@H]2CNC[C@H]2C1. The second-order valence-corrected chi connectivity index (χ2v) is 7.13. The molecule has 4 rings (SSSR count). The maximum Gasteiger partial charge on any atom is 0.253 e. The minimum Gasteiger partial charge on any atom is -0.338 e. The van der Waals surface area contributed by atoms with Crippen molar-refractivity contribution in [2.24, 2.45) is 11.8 Å². The number of rotatable bonds is 4. The van der Waals surface area contributed by atoms with Crippen LogP contribution in [0.2, 0.25) is 0 Å². The van der Waals surface area contributed by atoms with E-state index < -0.39 is 0 Å². The number of hydrogen-bond acceptors (Lipinski definition) is 5. The zero-order chi connectivity index (χ0) is 15.6. The summed E-state index contributed by atoms with van der Waals surface area (Å²) in [6, 6.07) is 7.92. The van der Waals surface area contributed by atoms with Gasteiger partial charge in [0, 0.05) is 37.5 Å². The molecule has 0 saturated carbocycles. The van der Waals surface area contributed by atoms with E-state index in [9.17, 15) is 4.79 Å². The van der Waals surface area contributed by atoms with Gasteiger partial charge in [-0.05, 0) is 29.5 Å². The van der Waals surface area contributed by atoms with E-state index in [1.54, 1.807) is 11.8 Å². The molecule has 1 amide bonds. The average Bonchev–Trinajstić information content (AvgIpc) is 3.29. The molecule has 3 heterocycles. The number of aromatic amines is 1. The standard InChI is InChI=1S/C16H19N5OS.2ClH/c22-15(21-7-13-5-17-6-14(13)8-21)12-3-1-11(2-4-12)9-23-16-18-10-19-20-16;;/h1-4,10,13-14,17H,5-9H2,(H,18,19,20);2*1H/t13-,14+;;. The van der Waals surface area contributed by atoms with Gasteiger partial charge in [-0.3, -0.25) is 9.89 Å². The van der Waals surface area contributed by atoms with Crippen LogP contribution in [-0.4, -0.2) is 52.2 Å². The lowest BCUT2D eigenvalue weighted by molar-refractivity contribution is 0.0781. The number of H-pyrrole nitrogens is 1. The number of halogens is 2. The number of nitrogens with one attached hydrogen (secondary N) is 2. The van der Waals surface area contributed by atoms with Gasteiger partial charge < -0.3 is 10.2 Å². The molecule has 6 nitrogen and oxygen atoms in total. The molecule has 2 N–H and O–H groups in total. The molecule has 9 heteroatoms. The summed E-state index contributed by atoms with van der Waals surface area (Å²) in [5.41, 5.74) is 1.96. The lowest BCUT2D eigenvalue weighted by Crippen LogP contribution is -2.31. The van der Waals surface area contributed by atoms with Crippen molar-refractivity contribution in [1.29, 1.82) is 0 Å². The van der Waals surface area contributed by atoms with E-state index in [1.807, 2.05) is 29.2 Å². The van der Waals surface area contributed by atoms with Gasteiger partial charge in [0.2, 0.25) is 0 Å². The van der Waals surface area contributed by atoms with E-state index in [0.717, 1.165) is 42.7 Å². The first-order valence-electron chi connectivity index (χ1n) is 7.86. The molecule has 2 atom stereocenters. The van der Waals surface area contributed by atoms with Crippen molar-refractivity contribution in [1.82, 2.24) is 25.4 Å². The molecule has 2 saturated heterocycles. The third-order valence-corrected chi connectivity index (χ3v) is 5.59. The number of nitrogens with zero attached hydrogens (tertiary/aromatic N) is 3. The predicted molar refractivity (Wildman–Crippen MR) is 103 cm³/mol. The molecule has 2 aromatic rings. The monoisotopic (exact) mass is 401 g/mol. The summed E-state index contributed by atoms with van der Waals surface area (Å²) in [6.45, 7) is 3.87. The number of amides is 1. The number of fused-ring (bicyclic) bond motifs is 1. The minimum atomic E-state index is 0. The third-order valence-electron chi connectivity index (χ3n) is 4.65. The number of carbonyl (C=O) groups is 1. The second kappa shape index (κ2) is 8.89. The zero-order valence-electron chi connectivity index (χ0n) is 13.6. The van der Waals surface area contributed by atoms with Gasteiger partial charge in [0.25, 0.3) is 5.91 Å². The summed E-state index contributed by atoms with van der Waals surface area (Å²) in [6.07, 6.45) is 1.50. The summed E-state index contributed by atoms with van der Waals surface area (Å²) in [7, 11) is 0. The Kier molecular flexibility index (Phi) is 7.13. The lowest BCUT2D eigenvalue weighted by atomic mass is 10.0. The van der Waals surface area contributed by atoms with Gasteiger partial charge >= 0.3 is 0 Å². The molecule has 136 valence electrons. The molecule has 0 radical (unpaired) electrons. The van der Waals surface area contributed by atoms with Gasteiger partial charge in [-0.15, -0.1) is 24.8 Å². The molecule has 1 aromatic heterocycles. The van der Waals surface area contributed by atoms with Gasteiger partial charge in [0.1, 0.15) is 6.33 Å². The topological polar surface area (TPSA) is 73.9 Å². The van der Waals surface area contributed by atoms with Crippen LogP contribution in [0.3, 0.4) is 0 Å². The highest BCUT2D eigenvalue weighted by atomic mass is 35.5. The minimum absolute atomic E-state index is 0. The number of hydrogen-bond donors (Lipinski definition) is 2. The Labute approximate surface area is 163 Å². The molecule has 2 fully saturated rings. The summed E-state index contributed by atoms with van der Waals surface area (Å²) in [5, 5.41) is 10.9. The second-order valence-electron chi connectivity index (χ2n) is 6.16. The quantitative estimate of drug-likeness (QED) is 0.768. The van der Waals surface area contributed by atoms with Crippen LogP contribution in [0.1, 0.15) is 15.9 Å². The smallest absolute Gasteiger partial charge is 0.253 e. The predicted octanol–water partition coefficient (Wildman–Crippen LogP) is 2.23. The van der Waals surface area contributed by atoms with E-state index in [0.29, 0.717) is 11.8 Å². The van der Waals surface area contributed by atoms with Crippen LogP contribution in [0.5, 0.6) is 0 Å². The first-order chi connectivity index (χ1) is 11.3. The van der Waals surface area contributed by atoms with Crippen LogP contribution in [0.25, 0.3) is 0 Å². The maximum absolute atomic E-state index is 12.6. The van der Waals surface area contributed by atoms with Gasteiger partial charge in [-0.25, -0.2) is 4.98 Å². The Morgan fingerprint density at radius 1 is 1.16 bits per heavy atom. The molecule has 0 unspecified atom stereocenters. The number of benzene rings is 1. The molecule has 2 aliphatic rings. The van der Waals surface area contributed by atoms with E-state index in [4.69, 9.17) is 0 Å².